The number of fused-ring (bicyclic) bond motifs is 1. The number of ether oxygens (including phenoxy) is 3. The minimum absolute atomic E-state index is 0.302. The Kier molecular flexibility index (Phi) is 3.39. The zero-order valence-corrected chi connectivity index (χ0v) is 10.6. The van der Waals surface area contributed by atoms with Crippen LogP contribution in [0.15, 0.2) is 18.2 Å². The van der Waals surface area contributed by atoms with Gasteiger partial charge in [-0.1, -0.05) is 6.07 Å². The van der Waals surface area contributed by atoms with E-state index >= 15 is 0 Å². The molecule has 0 aromatic heterocycles. The highest BCUT2D eigenvalue weighted by molar-refractivity contribution is 5.44. The van der Waals surface area contributed by atoms with Crippen molar-refractivity contribution in [1.82, 2.24) is 5.32 Å². The van der Waals surface area contributed by atoms with Gasteiger partial charge in [0, 0.05) is 12.5 Å². The lowest BCUT2D eigenvalue weighted by Crippen LogP contribution is -2.46. The van der Waals surface area contributed by atoms with Crippen molar-refractivity contribution < 1.29 is 14.2 Å². The molecule has 98 valence electrons. The molecule has 1 aromatic carbocycles. The summed E-state index contributed by atoms with van der Waals surface area (Å²) in [6.45, 7) is 5.26. The molecule has 1 atom stereocenters. The first kappa shape index (κ1) is 11.8. The van der Waals surface area contributed by atoms with Crippen LogP contribution >= 0.6 is 0 Å². The van der Waals surface area contributed by atoms with Crippen molar-refractivity contribution in [2.45, 2.75) is 25.4 Å². The molecule has 4 nitrogen and oxygen atoms in total. The van der Waals surface area contributed by atoms with Crippen LogP contribution in [0, 0.1) is 0 Å². The van der Waals surface area contributed by atoms with Crippen LogP contribution in [0.2, 0.25) is 0 Å². The number of benzene rings is 1. The van der Waals surface area contributed by atoms with Gasteiger partial charge < -0.3 is 19.5 Å². The van der Waals surface area contributed by atoms with E-state index in [0.29, 0.717) is 12.1 Å². The minimum atomic E-state index is 0.302. The molecule has 0 radical (unpaired) electrons. The third-order valence-electron chi connectivity index (χ3n) is 3.40. The third-order valence-corrected chi connectivity index (χ3v) is 3.40. The Morgan fingerprint density at radius 2 is 1.94 bits per heavy atom. The van der Waals surface area contributed by atoms with Gasteiger partial charge in [-0.05, 0) is 24.6 Å². The lowest BCUT2D eigenvalue weighted by molar-refractivity contribution is -0.00926. The first-order valence-corrected chi connectivity index (χ1v) is 6.56. The molecule has 4 heteroatoms. The van der Waals surface area contributed by atoms with E-state index in [2.05, 4.69) is 24.4 Å². The third kappa shape index (κ3) is 2.44. The fourth-order valence-corrected chi connectivity index (χ4v) is 2.23. The highest BCUT2D eigenvalue weighted by Crippen LogP contribution is 2.32. The first-order valence-electron chi connectivity index (χ1n) is 6.56. The molecule has 3 rings (SSSR count). The molecule has 0 amide bonds. The summed E-state index contributed by atoms with van der Waals surface area (Å²) in [6.07, 6.45) is 0.942. The van der Waals surface area contributed by atoms with Gasteiger partial charge in [-0.15, -0.1) is 0 Å². The summed E-state index contributed by atoms with van der Waals surface area (Å²) >= 11 is 0. The van der Waals surface area contributed by atoms with E-state index < -0.39 is 0 Å². The smallest absolute Gasteiger partial charge is 0.161 e. The number of hydrogen-bond donors (Lipinski definition) is 1. The molecule has 0 saturated carbocycles. The molecular weight excluding hydrogens is 230 g/mol. The molecule has 1 unspecified atom stereocenters. The molecule has 0 bridgehead atoms. The van der Waals surface area contributed by atoms with Crippen LogP contribution in [0.4, 0.5) is 0 Å². The Balaban J connectivity index is 1.73. The van der Waals surface area contributed by atoms with E-state index in [1.165, 1.54) is 5.56 Å². The molecule has 2 aliphatic rings. The molecule has 0 spiro atoms. The quantitative estimate of drug-likeness (QED) is 0.888. The van der Waals surface area contributed by atoms with Crippen molar-refractivity contribution in [3.05, 3.63) is 23.8 Å². The van der Waals surface area contributed by atoms with Crippen molar-refractivity contribution in [1.29, 1.82) is 0 Å². The van der Waals surface area contributed by atoms with Crippen LogP contribution in [-0.2, 0) is 4.74 Å². The van der Waals surface area contributed by atoms with Crippen molar-refractivity contribution in [3.8, 4) is 11.5 Å². The summed E-state index contributed by atoms with van der Waals surface area (Å²) in [5.41, 5.74) is 1.23. The van der Waals surface area contributed by atoms with Crippen LogP contribution in [0.3, 0.4) is 0 Å². The van der Waals surface area contributed by atoms with Gasteiger partial charge >= 0.3 is 0 Å². The topological polar surface area (TPSA) is 39.7 Å². The highest BCUT2D eigenvalue weighted by atomic mass is 16.5. The predicted octanol–water partition coefficient (Wildman–Crippen LogP) is 1.90. The summed E-state index contributed by atoms with van der Waals surface area (Å²) in [5.74, 6) is 1.72. The Morgan fingerprint density at radius 1 is 1.17 bits per heavy atom. The van der Waals surface area contributed by atoms with Crippen LogP contribution in [-0.4, -0.2) is 32.5 Å². The maximum atomic E-state index is 5.71. The zero-order valence-electron chi connectivity index (χ0n) is 10.6. The second kappa shape index (κ2) is 5.16. The van der Waals surface area contributed by atoms with Crippen molar-refractivity contribution in [2.24, 2.45) is 0 Å². The van der Waals surface area contributed by atoms with Crippen LogP contribution in [0.5, 0.6) is 11.5 Å². The fraction of sp³-hybridized carbons (Fsp3) is 0.571. The van der Waals surface area contributed by atoms with E-state index in [9.17, 15) is 0 Å². The van der Waals surface area contributed by atoms with Crippen molar-refractivity contribution >= 4 is 0 Å². The van der Waals surface area contributed by atoms with Gasteiger partial charge in [-0.3, -0.25) is 0 Å². The van der Waals surface area contributed by atoms with E-state index in [-0.39, 0.29) is 0 Å². The first-order chi connectivity index (χ1) is 8.83. The van der Waals surface area contributed by atoms with Gasteiger partial charge in [0.15, 0.2) is 11.5 Å². The van der Waals surface area contributed by atoms with E-state index in [0.717, 1.165) is 44.3 Å². The molecule has 0 aliphatic carbocycles. The van der Waals surface area contributed by atoms with Crippen LogP contribution < -0.4 is 14.8 Å². The Morgan fingerprint density at radius 3 is 2.67 bits per heavy atom. The van der Waals surface area contributed by atoms with Crippen LogP contribution in [0.1, 0.15) is 24.9 Å². The summed E-state index contributed by atoms with van der Waals surface area (Å²) in [6, 6.07) is 6.97. The van der Waals surface area contributed by atoms with Gasteiger partial charge in [0.2, 0.25) is 0 Å². The molecule has 1 fully saturated rings. The molecule has 2 heterocycles. The standard InChI is InChI=1S/C14H19NO3/c1-10(15-12-8-16-9-12)11-3-4-13-14(7-11)18-6-2-5-17-13/h3-4,7,10,12,15H,2,5-6,8-9H2,1H3. The number of nitrogens with one attached hydrogen (secondary N) is 1. The normalized spacial score (nSPS) is 20.9. The predicted molar refractivity (Wildman–Crippen MR) is 68.2 cm³/mol. The number of hydrogen-bond acceptors (Lipinski definition) is 4. The maximum Gasteiger partial charge on any atom is 0.161 e. The average Bonchev–Trinajstić information content (AvgIpc) is 2.57. The fourth-order valence-electron chi connectivity index (χ4n) is 2.23. The molecule has 18 heavy (non-hydrogen) atoms. The summed E-state index contributed by atoms with van der Waals surface area (Å²) < 4.78 is 16.5. The van der Waals surface area contributed by atoms with Gasteiger partial charge in [-0.2, -0.15) is 0 Å². The molecule has 2 aliphatic heterocycles. The van der Waals surface area contributed by atoms with Gasteiger partial charge in [0.25, 0.3) is 0 Å². The second-order valence-corrected chi connectivity index (χ2v) is 4.88. The second-order valence-electron chi connectivity index (χ2n) is 4.88. The highest BCUT2D eigenvalue weighted by Gasteiger charge is 2.21. The van der Waals surface area contributed by atoms with E-state index in [1.807, 2.05) is 6.07 Å². The maximum absolute atomic E-state index is 5.71. The van der Waals surface area contributed by atoms with Gasteiger partial charge in [0.05, 0.1) is 32.5 Å². The Hall–Kier alpha value is -1.26. The van der Waals surface area contributed by atoms with E-state index in [1.54, 1.807) is 0 Å². The summed E-state index contributed by atoms with van der Waals surface area (Å²) in [5, 5.41) is 3.53. The number of rotatable bonds is 3. The van der Waals surface area contributed by atoms with Gasteiger partial charge in [0.1, 0.15) is 0 Å². The van der Waals surface area contributed by atoms with E-state index in [4.69, 9.17) is 14.2 Å². The lowest BCUT2D eigenvalue weighted by Gasteiger charge is -2.30. The van der Waals surface area contributed by atoms with Crippen molar-refractivity contribution in [3.63, 3.8) is 0 Å². The lowest BCUT2D eigenvalue weighted by atomic mass is 10.1. The van der Waals surface area contributed by atoms with Crippen molar-refractivity contribution in [2.75, 3.05) is 26.4 Å². The average molecular weight is 249 g/mol. The SMILES string of the molecule is CC(NC1COC1)c1ccc2c(c1)OCCCO2. The molecule has 1 aromatic rings. The summed E-state index contributed by atoms with van der Waals surface area (Å²) in [7, 11) is 0. The monoisotopic (exact) mass is 249 g/mol. The molecular formula is C14H19NO3. The summed E-state index contributed by atoms with van der Waals surface area (Å²) in [4.78, 5) is 0. The molecule has 1 N–H and O–H groups in total. The minimum Gasteiger partial charge on any atom is -0.490 e. The van der Waals surface area contributed by atoms with Gasteiger partial charge in [-0.25, -0.2) is 0 Å². The molecule has 1 saturated heterocycles. The largest absolute Gasteiger partial charge is 0.490 e. The Labute approximate surface area is 107 Å². The zero-order chi connectivity index (χ0) is 12.4. The Bertz CT molecular complexity index is 418. The van der Waals surface area contributed by atoms with Crippen LogP contribution in [0.25, 0.3) is 0 Å².